The number of rotatable bonds is 2. The minimum Gasteiger partial charge on any atom is -0.475 e. The summed E-state index contributed by atoms with van der Waals surface area (Å²) in [6, 6.07) is 0.753. The second-order valence-corrected chi connectivity index (χ2v) is 5.62. The smallest absolute Gasteiger partial charge is 0.475 e. The highest BCUT2D eigenvalue weighted by molar-refractivity contribution is 5.73. The first-order valence-corrected chi connectivity index (χ1v) is 7.14. The van der Waals surface area contributed by atoms with Crippen molar-refractivity contribution in [2.75, 3.05) is 13.1 Å². The zero-order chi connectivity index (χ0) is 16.2. The topological polar surface area (TPSA) is 66.3 Å². The Bertz CT molecular complexity index is 488. The summed E-state index contributed by atoms with van der Waals surface area (Å²) in [5.41, 5.74) is 1.29. The molecule has 2 bridgehead atoms. The van der Waals surface area contributed by atoms with Gasteiger partial charge in [0.15, 0.2) is 0 Å². The molecule has 122 valence electrons. The molecule has 0 amide bonds. The van der Waals surface area contributed by atoms with E-state index in [-0.39, 0.29) is 0 Å². The van der Waals surface area contributed by atoms with Gasteiger partial charge in [0, 0.05) is 18.4 Å². The van der Waals surface area contributed by atoms with E-state index in [1.165, 1.54) is 37.9 Å². The number of piperidine rings is 3. The Morgan fingerprint density at radius 1 is 1.27 bits per heavy atom. The van der Waals surface area contributed by atoms with Crippen LogP contribution in [0.3, 0.4) is 0 Å². The van der Waals surface area contributed by atoms with Crippen molar-refractivity contribution in [1.82, 2.24) is 14.9 Å². The minimum absolute atomic E-state index is 0.753. The molecule has 3 saturated heterocycles. The number of aromatic nitrogens is 2. The molecule has 3 fully saturated rings. The number of nitrogens with zero attached hydrogens (tertiary/aromatic N) is 3. The number of fused-ring (bicyclic) bond motifs is 3. The van der Waals surface area contributed by atoms with Gasteiger partial charge in [-0.1, -0.05) is 0 Å². The Labute approximate surface area is 126 Å². The summed E-state index contributed by atoms with van der Waals surface area (Å²) in [6.45, 7) is 2.62. The molecule has 1 aromatic rings. The maximum absolute atomic E-state index is 10.6. The highest BCUT2D eigenvalue weighted by Crippen LogP contribution is 2.32. The number of aliphatic carboxylic acids is 1. The Morgan fingerprint density at radius 3 is 2.23 bits per heavy atom. The summed E-state index contributed by atoms with van der Waals surface area (Å²) in [4.78, 5) is 19.7. The van der Waals surface area contributed by atoms with Crippen LogP contribution >= 0.6 is 0 Å². The molecule has 0 saturated carbocycles. The van der Waals surface area contributed by atoms with E-state index in [1.54, 1.807) is 6.33 Å². The third-order valence-corrected chi connectivity index (χ3v) is 4.10. The lowest BCUT2D eigenvalue weighted by molar-refractivity contribution is -0.192. The van der Waals surface area contributed by atoms with Crippen LogP contribution < -0.4 is 0 Å². The molecular formula is C14H18F3N3O2. The number of carboxylic acids is 1. The highest BCUT2D eigenvalue weighted by atomic mass is 19.4. The number of carboxylic acid groups (broad SMARTS) is 1. The van der Waals surface area contributed by atoms with Crippen molar-refractivity contribution < 1.29 is 23.1 Å². The Kier molecular flexibility index (Phi) is 5.33. The van der Waals surface area contributed by atoms with Crippen molar-refractivity contribution in [2.24, 2.45) is 5.92 Å². The number of carbonyl (C=O) groups is 1. The third kappa shape index (κ3) is 4.66. The molecule has 5 nitrogen and oxygen atoms in total. The largest absolute Gasteiger partial charge is 0.490 e. The zero-order valence-corrected chi connectivity index (χ0v) is 12.0. The first kappa shape index (κ1) is 16.7. The molecule has 8 heteroatoms. The highest BCUT2D eigenvalue weighted by Gasteiger charge is 2.38. The summed E-state index contributed by atoms with van der Waals surface area (Å²) < 4.78 is 31.7. The van der Waals surface area contributed by atoms with Crippen LogP contribution in [0.4, 0.5) is 13.2 Å². The van der Waals surface area contributed by atoms with Crippen LogP contribution in [0.15, 0.2) is 18.7 Å². The lowest BCUT2D eigenvalue weighted by atomic mass is 9.81. The standard InChI is InChI=1S/C12H17N3.C2HF3O2/c1-3-15-4-2-10(1)5-12(15)6-11-7-13-9-14-8-11;3-2(4,5)1(6)7/h7-10,12H,1-6H2;(H,6,7). The van der Waals surface area contributed by atoms with Gasteiger partial charge >= 0.3 is 12.1 Å². The average Bonchev–Trinajstić information content (AvgIpc) is 2.49. The fourth-order valence-corrected chi connectivity index (χ4v) is 3.01. The molecule has 3 aliphatic rings. The van der Waals surface area contributed by atoms with Crippen molar-refractivity contribution in [3.8, 4) is 0 Å². The Hall–Kier alpha value is -1.70. The van der Waals surface area contributed by atoms with Crippen LogP contribution in [0.5, 0.6) is 0 Å². The predicted octanol–water partition coefficient (Wildman–Crippen LogP) is 2.14. The fourth-order valence-electron chi connectivity index (χ4n) is 3.01. The molecule has 0 aliphatic carbocycles. The number of hydrogen-bond acceptors (Lipinski definition) is 4. The lowest BCUT2D eigenvalue weighted by Crippen LogP contribution is -2.49. The van der Waals surface area contributed by atoms with Crippen LogP contribution in [0.2, 0.25) is 0 Å². The summed E-state index contributed by atoms with van der Waals surface area (Å²) >= 11 is 0. The molecule has 22 heavy (non-hydrogen) atoms. The first-order valence-electron chi connectivity index (χ1n) is 7.14. The molecule has 0 spiro atoms. The average molecular weight is 317 g/mol. The van der Waals surface area contributed by atoms with E-state index in [2.05, 4.69) is 14.9 Å². The van der Waals surface area contributed by atoms with E-state index >= 15 is 0 Å². The molecule has 1 N–H and O–H groups in total. The van der Waals surface area contributed by atoms with E-state index in [0.717, 1.165) is 18.4 Å². The number of hydrogen-bond donors (Lipinski definition) is 1. The molecule has 1 atom stereocenters. The van der Waals surface area contributed by atoms with E-state index in [0.29, 0.717) is 0 Å². The fraction of sp³-hybridized carbons (Fsp3) is 0.643. The van der Waals surface area contributed by atoms with Crippen LogP contribution in [-0.2, 0) is 11.2 Å². The van der Waals surface area contributed by atoms with Gasteiger partial charge in [-0.15, -0.1) is 0 Å². The molecule has 0 radical (unpaired) electrons. The van der Waals surface area contributed by atoms with Gasteiger partial charge in [0.2, 0.25) is 0 Å². The van der Waals surface area contributed by atoms with E-state index in [4.69, 9.17) is 9.90 Å². The van der Waals surface area contributed by atoms with Crippen molar-refractivity contribution in [3.63, 3.8) is 0 Å². The monoisotopic (exact) mass is 317 g/mol. The third-order valence-electron chi connectivity index (χ3n) is 4.10. The van der Waals surface area contributed by atoms with Gasteiger partial charge in [0.05, 0.1) is 0 Å². The summed E-state index contributed by atoms with van der Waals surface area (Å²) in [6.07, 6.45) is 5.79. The maximum atomic E-state index is 10.6. The predicted molar refractivity (Wildman–Crippen MR) is 72.1 cm³/mol. The van der Waals surface area contributed by atoms with Gasteiger partial charge in [-0.3, -0.25) is 0 Å². The van der Waals surface area contributed by atoms with Crippen molar-refractivity contribution >= 4 is 5.97 Å². The maximum Gasteiger partial charge on any atom is 0.490 e. The molecule has 1 aromatic heterocycles. The SMILES string of the molecule is O=C(O)C(F)(F)F.c1ncc(CC2CC3CCN2CC3)cn1. The molecule has 4 heterocycles. The second kappa shape index (κ2) is 7.04. The van der Waals surface area contributed by atoms with Gasteiger partial charge < -0.3 is 10.0 Å². The molecule has 4 rings (SSSR count). The minimum atomic E-state index is -5.08. The molecule has 0 aromatic carbocycles. The van der Waals surface area contributed by atoms with Gasteiger partial charge in [-0.25, -0.2) is 14.8 Å². The quantitative estimate of drug-likeness (QED) is 0.905. The first-order chi connectivity index (χ1) is 10.4. The number of alkyl halides is 3. The molecule has 3 aliphatic heterocycles. The van der Waals surface area contributed by atoms with Crippen molar-refractivity contribution in [2.45, 2.75) is 37.9 Å². The van der Waals surface area contributed by atoms with Crippen molar-refractivity contribution in [3.05, 3.63) is 24.3 Å². The molecular weight excluding hydrogens is 299 g/mol. The number of halogens is 3. The van der Waals surface area contributed by atoms with E-state index in [1.807, 2.05) is 12.4 Å². The normalized spacial score (nSPS) is 27.0. The summed E-state index contributed by atoms with van der Waals surface area (Å²) in [5.74, 6) is -1.77. The van der Waals surface area contributed by atoms with Gasteiger partial charge in [-0.05, 0) is 50.3 Å². The van der Waals surface area contributed by atoms with Crippen molar-refractivity contribution in [1.29, 1.82) is 0 Å². The van der Waals surface area contributed by atoms with Gasteiger partial charge in [-0.2, -0.15) is 13.2 Å². The van der Waals surface area contributed by atoms with Gasteiger partial charge in [0.1, 0.15) is 6.33 Å². The van der Waals surface area contributed by atoms with Gasteiger partial charge in [0.25, 0.3) is 0 Å². The lowest BCUT2D eigenvalue weighted by Gasteiger charge is -2.45. The van der Waals surface area contributed by atoms with E-state index < -0.39 is 12.1 Å². The van der Waals surface area contributed by atoms with Crippen LogP contribution in [-0.4, -0.2) is 51.3 Å². The van der Waals surface area contributed by atoms with Crippen LogP contribution in [0.25, 0.3) is 0 Å². The Morgan fingerprint density at radius 2 is 1.82 bits per heavy atom. The Balaban J connectivity index is 0.000000217. The van der Waals surface area contributed by atoms with Crippen LogP contribution in [0, 0.1) is 5.92 Å². The van der Waals surface area contributed by atoms with E-state index in [9.17, 15) is 13.2 Å². The molecule has 1 unspecified atom stereocenters. The van der Waals surface area contributed by atoms with Crippen LogP contribution in [0.1, 0.15) is 24.8 Å². The summed E-state index contributed by atoms with van der Waals surface area (Å²) in [7, 11) is 0. The second-order valence-electron chi connectivity index (χ2n) is 5.62. The zero-order valence-electron chi connectivity index (χ0n) is 12.0. The summed E-state index contributed by atoms with van der Waals surface area (Å²) in [5, 5.41) is 7.12.